The predicted molar refractivity (Wildman–Crippen MR) is 118 cm³/mol. The van der Waals surface area contributed by atoms with Crippen LogP contribution in [0, 0.1) is 0 Å². The van der Waals surface area contributed by atoms with E-state index in [2.05, 4.69) is 20.8 Å². The van der Waals surface area contributed by atoms with E-state index >= 15 is 0 Å². The standard InChI is InChI=1S/C24H45NO3/c1-4-7-10-13-15-20-25(21-16-14-11-8-5-2)23(26)18-19-24(27)28-22-17-12-9-6-3/h18-19H,4-17,20-22H2,1-3H3/b19-18+. The molecule has 0 radical (unpaired) electrons. The van der Waals surface area contributed by atoms with Gasteiger partial charge in [-0.15, -0.1) is 0 Å². The molecule has 0 atom stereocenters. The summed E-state index contributed by atoms with van der Waals surface area (Å²) in [6.45, 7) is 8.58. The van der Waals surface area contributed by atoms with Crippen LogP contribution in [0.4, 0.5) is 0 Å². The van der Waals surface area contributed by atoms with Gasteiger partial charge in [0, 0.05) is 25.2 Å². The molecule has 28 heavy (non-hydrogen) atoms. The van der Waals surface area contributed by atoms with Gasteiger partial charge in [-0.2, -0.15) is 0 Å². The molecule has 0 saturated heterocycles. The number of hydrogen-bond donors (Lipinski definition) is 0. The van der Waals surface area contributed by atoms with Crippen LogP contribution in [-0.2, 0) is 14.3 Å². The molecule has 0 spiro atoms. The first-order chi connectivity index (χ1) is 13.7. The number of carbonyl (C=O) groups excluding carboxylic acids is 2. The van der Waals surface area contributed by atoms with Gasteiger partial charge in [-0.05, 0) is 19.3 Å². The zero-order chi connectivity index (χ0) is 20.9. The Balaban J connectivity index is 4.30. The van der Waals surface area contributed by atoms with Gasteiger partial charge in [0.25, 0.3) is 0 Å². The molecular weight excluding hydrogens is 350 g/mol. The van der Waals surface area contributed by atoms with Gasteiger partial charge in [0.15, 0.2) is 0 Å². The number of ether oxygens (including phenoxy) is 1. The predicted octanol–water partition coefficient (Wildman–Crippen LogP) is 6.44. The largest absolute Gasteiger partial charge is 0.463 e. The lowest BCUT2D eigenvalue weighted by Gasteiger charge is -2.21. The minimum absolute atomic E-state index is 0.0612. The lowest BCUT2D eigenvalue weighted by atomic mass is 10.1. The highest BCUT2D eigenvalue weighted by Crippen LogP contribution is 2.08. The molecule has 0 aromatic rings. The number of hydrogen-bond acceptors (Lipinski definition) is 3. The smallest absolute Gasteiger partial charge is 0.330 e. The second-order valence-corrected chi connectivity index (χ2v) is 7.72. The molecule has 0 unspecified atom stereocenters. The van der Waals surface area contributed by atoms with Gasteiger partial charge in [0.2, 0.25) is 5.91 Å². The van der Waals surface area contributed by atoms with E-state index in [4.69, 9.17) is 4.74 Å². The Morgan fingerprint density at radius 1 is 0.643 bits per heavy atom. The second kappa shape index (κ2) is 20.4. The number of amides is 1. The van der Waals surface area contributed by atoms with Crippen LogP contribution >= 0.6 is 0 Å². The SMILES string of the molecule is CCCCCCCN(CCCCCCC)C(=O)/C=C/C(=O)OCCCCCC. The molecule has 0 bridgehead atoms. The van der Waals surface area contributed by atoms with Crippen molar-refractivity contribution in [1.29, 1.82) is 0 Å². The first kappa shape index (κ1) is 26.7. The van der Waals surface area contributed by atoms with E-state index in [0.29, 0.717) is 6.61 Å². The maximum atomic E-state index is 12.5. The fraction of sp³-hybridized carbons (Fsp3) is 0.833. The van der Waals surface area contributed by atoms with Crippen LogP contribution in [0.25, 0.3) is 0 Å². The van der Waals surface area contributed by atoms with Crippen molar-refractivity contribution >= 4 is 11.9 Å². The molecule has 1 amide bonds. The van der Waals surface area contributed by atoms with Crippen molar-refractivity contribution in [2.45, 2.75) is 111 Å². The third-order valence-electron chi connectivity index (χ3n) is 4.98. The lowest BCUT2D eigenvalue weighted by molar-refractivity contribution is -0.138. The zero-order valence-corrected chi connectivity index (χ0v) is 18.8. The normalized spacial score (nSPS) is 11.1. The fourth-order valence-electron chi connectivity index (χ4n) is 3.14. The molecule has 164 valence electrons. The van der Waals surface area contributed by atoms with Crippen molar-refractivity contribution in [3.63, 3.8) is 0 Å². The van der Waals surface area contributed by atoms with Crippen LogP contribution in [0.5, 0.6) is 0 Å². The summed E-state index contributed by atoms with van der Waals surface area (Å²) in [6, 6.07) is 0. The van der Waals surface area contributed by atoms with Gasteiger partial charge < -0.3 is 9.64 Å². The Kier molecular flexibility index (Phi) is 19.5. The van der Waals surface area contributed by atoms with E-state index in [1.165, 1.54) is 50.7 Å². The summed E-state index contributed by atoms with van der Waals surface area (Å²) in [5.74, 6) is -0.468. The van der Waals surface area contributed by atoms with E-state index in [1.807, 2.05) is 4.90 Å². The summed E-state index contributed by atoms with van der Waals surface area (Å²) in [5, 5.41) is 0. The van der Waals surface area contributed by atoms with Crippen molar-refractivity contribution in [3.05, 3.63) is 12.2 Å². The van der Waals surface area contributed by atoms with Crippen LogP contribution in [0.2, 0.25) is 0 Å². The minimum Gasteiger partial charge on any atom is -0.463 e. The van der Waals surface area contributed by atoms with Gasteiger partial charge in [0.05, 0.1) is 6.61 Å². The first-order valence-electron chi connectivity index (χ1n) is 11.8. The summed E-state index contributed by atoms with van der Waals surface area (Å²) in [4.78, 5) is 26.2. The highest BCUT2D eigenvalue weighted by Gasteiger charge is 2.11. The van der Waals surface area contributed by atoms with Gasteiger partial charge in [-0.1, -0.05) is 91.4 Å². The molecular formula is C24H45NO3. The first-order valence-corrected chi connectivity index (χ1v) is 11.8. The second-order valence-electron chi connectivity index (χ2n) is 7.72. The summed E-state index contributed by atoms with van der Waals surface area (Å²) in [6.07, 6.45) is 18.8. The fourth-order valence-corrected chi connectivity index (χ4v) is 3.14. The van der Waals surface area contributed by atoms with Crippen molar-refractivity contribution in [3.8, 4) is 0 Å². The monoisotopic (exact) mass is 395 g/mol. The van der Waals surface area contributed by atoms with Crippen LogP contribution < -0.4 is 0 Å². The van der Waals surface area contributed by atoms with Gasteiger partial charge in [0.1, 0.15) is 0 Å². The molecule has 0 aromatic heterocycles. The molecule has 0 N–H and O–H groups in total. The molecule has 0 aliphatic rings. The molecule has 0 aliphatic heterocycles. The number of unbranched alkanes of at least 4 members (excludes halogenated alkanes) is 11. The van der Waals surface area contributed by atoms with Gasteiger partial charge >= 0.3 is 5.97 Å². The Morgan fingerprint density at radius 3 is 1.61 bits per heavy atom. The summed E-state index contributed by atoms with van der Waals surface area (Å²) in [5.41, 5.74) is 0. The summed E-state index contributed by atoms with van der Waals surface area (Å²) >= 11 is 0. The van der Waals surface area contributed by atoms with Crippen LogP contribution in [0.1, 0.15) is 111 Å². The van der Waals surface area contributed by atoms with E-state index in [1.54, 1.807) is 0 Å². The Hall–Kier alpha value is -1.32. The van der Waals surface area contributed by atoms with Crippen LogP contribution in [-0.4, -0.2) is 36.5 Å². The molecule has 0 heterocycles. The number of nitrogens with zero attached hydrogens (tertiary/aromatic N) is 1. The molecule has 0 fully saturated rings. The maximum absolute atomic E-state index is 12.5. The van der Waals surface area contributed by atoms with Crippen molar-refractivity contribution in [2.75, 3.05) is 19.7 Å². The number of rotatable bonds is 19. The Labute approximate surface area is 174 Å². The van der Waals surface area contributed by atoms with Gasteiger partial charge in [-0.25, -0.2) is 4.79 Å². The summed E-state index contributed by atoms with van der Waals surface area (Å²) in [7, 11) is 0. The van der Waals surface area contributed by atoms with Gasteiger partial charge in [-0.3, -0.25) is 4.79 Å². The average Bonchev–Trinajstić information content (AvgIpc) is 2.70. The highest BCUT2D eigenvalue weighted by molar-refractivity contribution is 5.94. The third-order valence-corrected chi connectivity index (χ3v) is 4.98. The Morgan fingerprint density at radius 2 is 1.11 bits per heavy atom. The highest BCUT2D eigenvalue weighted by atomic mass is 16.5. The molecule has 0 saturated carbocycles. The topological polar surface area (TPSA) is 46.6 Å². The lowest BCUT2D eigenvalue weighted by Crippen LogP contribution is -2.31. The number of esters is 1. The van der Waals surface area contributed by atoms with Crippen molar-refractivity contribution < 1.29 is 14.3 Å². The minimum atomic E-state index is -0.407. The Bertz CT molecular complexity index is 393. The van der Waals surface area contributed by atoms with E-state index < -0.39 is 5.97 Å². The molecule has 0 aromatic carbocycles. The van der Waals surface area contributed by atoms with Crippen molar-refractivity contribution in [2.24, 2.45) is 0 Å². The average molecular weight is 396 g/mol. The molecule has 0 rings (SSSR count). The molecule has 4 nitrogen and oxygen atoms in total. The van der Waals surface area contributed by atoms with E-state index in [-0.39, 0.29) is 5.91 Å². The van der Waals surface area contributed by atoms with Crippen LogP contribution in [0.3, 0.4) is 0 Å². The quantitative estimate of drug-likeness (QED) is 0.144. The maximum Gasteiger partial charge on any atom is 0.330 e. The van der Waals surface area contributed by atoms with E-state index in [0.717, 1.165) is 64.5 Å². The third kappa shape index (κ3) is 16.8. The summed E-state index contributed by atoms with van der Waals surface area (Å²) < 4.78 is 5.17. The van der Waals surface area contributed by atoms with E-state index in [9.17, 15) is 9.59 Å². The van der Waals surface area contributed by atoms with Crippen molar-refractivity contribution in [1.82, 2.24) is 4.90 Å². The number of carbonyl (C=O) groups is 2. The molecule has 4 heteroatoms. The van der Waals surface area contributed by atoms with Crippen LogP contribution in [0.15, 0.2) is 12.2 Å². The molecule has 0 aliphatic carbocycles. The zero-order valence-electron chi connectivity index (χ0n) is 18.8.